The Morgan fingerprint density at radius 2 is 1.68 bits per heavy atom. The third kappa shape index (κ3) is 5.81. The lowest BCUT2D eigenvalue weighted by Crippen LogP contribution is -2.41. The van der Waals surface area contributed by atoms with E-state index in [0.29, 0.717) is 29.2 Å². The van der Waals surface area contributed by atoms with Gasteiger partial charge in [-0.15, -0.1) is 0 Å². The average molecular weight is 542 g/mol. The second kappa shape index (κ2) is 10.8. The topological polar surface area (TPSA) is 92.5 Å². The van der Waals surface area contributed by atoms with Crippen LogP contribution in [0.4, 0.5) is 5.69 Å². The molecule has 7 nitrogen and oxygen atoms in total. The maximum Gasteiger partial charge on any atom is 0.248 e. The van der Waals surface area contributed by atoms with Gasteiger partial charge >= 0.3 is 0 Å². The zero-order chi connectivity index (χ0) is 26.9. The molecule has 2 heterocycles. The molecule has 196 valence electrons. The number of amides is 1. The molecule has 0 aliphatic carbocycles. The van der Waals surface area contributed by atoms with Crippen LogP contribution in [0, 0.1) is 40.5 Å². The fraction of sp³-hybridized carbons (Fsp3) is 0.357. The summed E-state index contributed by atoms with van der Waals surface area (Å²) in [6.07, 6.45) is 4.36. The summed E-state index contributed by atoms with van der Waals surface area (Å²) < 4.78 is 34.0. The Kier molecular flexibility index (Phi) is 7.92. The van der Waals surface area contributed by atoms with Gasteiger partial charge in [-0.05, 0) is 87.9 Å². The van der Waals surface area contributed by atoms with Crippen molar-refractivity contribution < 1.29 is 17.7 Å². The quantitative estimate of drug-likeness (QED) is 0.408. The number of anilines is 1. The predicted octanol–water partition coefficient (Wildman–Crippen LogP) is 6.08. The van der Waals surface area contributed by atoms with Crippen LogP contribution in [0.1, 0.15) is 52.1 Å². The summed E-state index contributed by atoms with van der Waals surface area (Å²) in [5, 5.41) is 7.30. The van der Waals surface area contributed by atoms with Crippen LogP contribution in [0.2, 0.25) is 5.02 Å². The van der Waals surface area contributed by atoms with Crippen LogP contribution in [0.25, 0.3) is 12.2 Å². The first kappa shape index (κ1) is 27.1. The zero-order valence-corrected chi connectivity index (χ0v) is 23.3. The van der Waals surface area contributed by atoms with Crippen molar-refractivity contribution in [3.05, 3.63) is 74.6 Å². The second-order valence-electron chi connectivity index (χ2n) is 9.76. The smallest absolute Gasteiger partial charge is 0.248 e. The van der Waals surface area contributed by atoms with Gasteiger partial charge in [-0.2, -0.15) is 4.31 Å². The number of carbonyl (C=O) groups is 1. The third-order valence-corrected chi connectivity index (χ3v) is 9.15. The maximum absolute atomic E-state index is 13.6. The molecule has 3 aromatic rings. The lowest BCUT2D eigenvalue weighted by Gasteiger charge is -2.30. The number of carbonyl (C=O) groups excluding carboxylic acids is 1. The molecule has 0 radical (unpaired) electrons. The summed E-state index contributed by atoms with van der Waals surface area (Å²) >= 11 is 6.25. The Labute approximate surface area is 223 Å². The molecule has 1 N–H and O–H groups in total. The molecule has 1 aliphatic heterocycles. The van der Waals surface area contributed by atoms with Gasteiger partial charge in [-0.1, -0.05) is 46.6 Å². The number of nitrogens with one attached hydrogen (secondary N) is 1. The molecule has 37 heavy (non-hydrogen) atoms. The van der Waals surface area contributed by atoms with Crippen molar-refractivity contribution in [1.82, 2.24) is 9.46 Å². The van der Waals surface area contributed by atoms with Gasteiger partial charge in [-0.25, -0.2) is 8.42 Å². The zero-order valence-electron chi connectivity index (χ0n) is 21.8. The summed E-state index contributed by atoms with van der Waals surface area (Å²) in [7, 11) is -3.86. The summed E-state index contributed by atoms with van der Waals surface area (Å²) in [6.45, 7) is 10.1. The van der Waals surface area contributed by atoms with Gasteiger partial charge in [0.1, 0.15) is 5.69 Å². The lowest BCUT2D eigenvalue weighted by molar-refractivity contribution is -0.120. The highest BCUT2D eigenvalue weighted by Crippen LogP contribution is 2.31. The minimum Gasteiger partial charge on any atom is -0.355 e. The lowest BCUT2D eigenvalue weighted by atomic mass is 9.97. The van der Waals surface area contributed by atoms with Crippen molar-refractivity contribution >= 4 is 45.4 Å². The Morgan fingerprint density at radius 3 is 2.30 bits per heavy atom. The van der Waals surface area contributed by atoms with E-state index >= 15 is 0 Å². The molecular formula is C28H32ClN3O4S. The largest absolute Gasteiger partial charge is 0.355 e. The van der Waals surface area contributed by atoms with E-state index in [0.717, 1.165) is 22.3 Å². The number of benzene rings is 2. The molecule has 1 aliphatic rings. The van der Waals surface area contributed by atoms with E-state index in [1.165, 1.54) is 9.87 Å². The summed E-state index contributed by atoms with van der Waals surface area (Å²) in [5.74, 6) is -0.263. The highest BCUT2D eigenvalue weighted by molar-refractivity contribution is 7.89. The number of nitrogens with zero attached hydrogens (tertiary/aromatic N) is 2. The van der Waals surface area contributed by atoms with Crippen molar-refractivity contribution in [3.8, 4) is 0 Å². The SMILES string of the molecule is Cc1cc(C)c(/C=C/c2onc(C)c2S(=O)(=O)N2CCC(C(=O)Nc3ccc(C)cc3Cl)CC2)c(C)c1. The number of hydrogen-bond acceptors (Lipinski definition) is 5. The fourth-order valence-corrected chi connectivity index (χ4v) is 6.86. The van der Waals surface area contributed by atoms with E-state index in [1.807, 2.05) is 39.8 Å². The van der Waals surface area contributed by atoms with Crippen LogP contribution >= 0.6 is 11.6 Å². The first-order valence-corrected chi connectivity index (χ1v) is 14.1. The average Bonchev–Trinajstić information content (AvgIpc) is 3.21. The Balaban J connectivity index is 1.48. The van der Waals surface area contributed by atoms with Crippen LogP contribution in [0.15, 0.2) is 39.8 Å². The van der Waals surface area contributed by atoms with Gasteiger partial charge < -0.3 is 9.84 Å². The van der Waals surface area contributed by atoms with E-state index in [-0.39, 0.29) is 35.6 Å². The van der Waals surface area contributed by atoms with Crippen molar-refractivity contribution in [2.75, 3.05) is 18.4 Å². The minimum atomic E-state index is -3.86. The molecule has 1 saturated heterocycles. The Hall–Kier alpha value is -2.94. The van der Waals surface area contributed by atoms with Gasteiger partial charge in [0, 0.05) is 19.0 Å². The molecule has 1 aromatic heterocycles. The number of piperidine rings is 1. The number of rotatable bonds is 6. The molecule has 4 rings (SSSR count). The number of sulfonamides is 1. The highest BCUT2D eigenvalue weighted by Gasteiger charge is 2.36. The maximum atomic E-state index is 13.6. The standard InChI is InChI=1S/C28H32ClN3O4S/c1-17-6-8-25(24(29)16-17)30-28(33)22-10-12-32(13-11-22)37(34,35)27-21(5)31-36-26(27)9-7-23-19(3)14-18(2)15-20(23)4/h6-9,14-16,22H,10-13H2,1-5H3,(H,30,33)/b9-7+. The number of aromatic nitrogens is 1. The van der Waals surface area contributed by atoms with Gasteiger partial charge in [-0.3, -0.25) is 4.79 Å². The van der Waals surface area contributed by atoms with E-state index in [9.17, 15) is 13.2 Å². The molecule has 1 fully saturated rings. The van der Waals surface area contributed by atoms with Crippen LogP contribution in [0.5, 0.6) is 0 Å². The monoisotopic (exact) mass is 541 g/mol. The van der Waals surface area contributed by atoms with E-state index in [1.54, 1.807) is 25.1 Å². The molecule has 0 bridgehead atoms. The minimum absolute atomic E-state index is 0.0699. The number of aryl methyl sites for hydroxylation is 5. The van der Waals surface area contributed by atoms with E-state index < -0.39 is 10.0 Å². The Morgan fingerprint density at radius 1 is 1.03 bits per heavy atom. The molecule has 0 spiro atoms. The summed E-state index contributed by atoms with van der Waals surface area (Å²) in [6, 6.07) is 9.62. The first-order valence-electron chi connectivity index (χ1n) is 12.3. The molecule has 2 aromatic carbocycles. The summed E-state index contributed by atoms with van der Waals surface area (Å²) in [4.78, 5) is 12.9. The van der Waals surface area contributed by atoms with Gasteiger partial charge in [0.05, 0.1) is 10.7 Å². The van der Waals surface area contributed by atoms with Crippen molar-refractivity contribution in [3.63, 3.8) is 0 Å². The van der Waals surface area contributed by atoms with E-state index in [2.05, 4.69) is 22.6 Å². The van der Waals surface area contributed by atoms with Gasteiger partial charge in [0.25, 0.3) is 0 Å². The van der Waals surface area contributed by atoms with Crippen LogP contribution < -0.4 is 5.32 Å². The molecule has 0 saturated carbocycles. The predicted molar refractivity (Wildman–Crippen MR) is 147 cm³/mol. The number of halogens is 1. The second-order valence-corrected chi connectivity index (χ2v) is 12.0. The highest BCUT2D eigenvalue weighted by atomic mass is 35.5. The van der Waals surface area contributed by atoms with Crippen molar-refractivity contribution in [2.24, 2.45) is 5.92 Å². The molecule has 0 unspecified atom stereocenters. The van der Waals surface area contributed by atoms with Gasteiger partial charge in [0.2, 0.25) is 15.9 Å². The van der Waals surface area contributed by atoms with Crippen LogP contribution in [-0.2, 0) is 14.8 Å². The number of hydrogen-bond donors (Lipinski definition) is 1. The molecular weight excluding hydrogens is 510 g/mol. The van der Waals surface area contributed by atoms with Crippen molar-refractivity contribution in [2.45, 2.75) is 52.4 Å². The van der Waals surface area contributed by atoms with Crippen molar-refractivity contribution in [1.29, 1.82) is 0 Å². The summed E-state index contributed by atoms with van der Waals surface area (Å²) in [5.41, 5.74) is 6.26. The third-order valence-electron chi connectivity index (χ3n) is 6.78. The fourth-order valence-electron chi connectivity index (χ4n) is 4.86. The normalized spacial score (nSPS) is 15.4. The molecule has 1 amide bonds. The van der Waals surface area contributed by atoms with Crippen LogP contribution in [-0.4, -0.2) is 36.9 Å². The van der Waals surface area contributed by atoms with E-state index in [4.69, 9.17) is 16.1 Å². The molecule has 9 heteroatoms. The Bertz CT molecular complexity index is 1450. The van der Waals surface area contributed by atoms with Gasteiger partial charge in [0.15, 0.2) is 10.7 Å². The first-order chi connectivity index (χ1) is 17.5. The molecule has 0 atom stereocenters. The van der Waals surface area contributed by atoms with Crippen LogP contribution in [0.3, 0.4) is 0 Å².